The van der Waals surface area contributed by atoms with Crippen LogP contribution in [0.15, 0.2) is 29.0 Å². The van der Waals surface area contributed by atoms with Gasteiger partial charge in [0.05, 0.1) is 11.3 Å². The molecule has 0 aliphatic heterocycles. The van der Waals surface area contributed by atoms with Gasteiger partial charge in [-0.1, -0.05) is 15.9 Å². The van der Waals surface area contributed by atoms with E-state index in [9.17, 15) is 13.2 Å². The van der Waals surface area contributed by atoms with E-state index < -0.39 is 11.7 Å². The van der Waals surface area contributed by atoms with Crippen LogP contribution in [0.4, 0.5) is 13.2 Å². The summed E-state index contributed by atoms with van der Waals surface area (Å²) in [4.78, 5) is 0. The van der Waals surface area contributed by atoms with Crippen LogP contribution in [-0.4, -0.2) is 14.8 Å². The molecule has 0 spiro atoms. The fraction of sp³-hybridized carbons (Fsp3) is 0.111. The zero-order valence-electron chi connectivity index (χ0n) is 8.04. The summed E-state index contributed by atoms with van der Waals surface area (Å²) in [7, 11) is 0. The van der Waals surface area contributed by atoms with Crippen LogP contribution in [-0.2, 0) is 6.18 Å². The maximum Gasteiger partial charge on any atom is 0.416 e. The third-order valence-corrected chi connectivity index (χ3v) is 2.71. The Morgan fingerprint density at radius 1 is 1.24 bits per heavy atom. The summed E-state index contributed by atoms with van der Waals surface area (Å²) in [5.41, 5.74) is -0.534. The van der Waals surface area contributed by atoms with Crippen molar-refractivity contribution >= 4 is 27.5 Å². The Morgan fingerprint density at radius 3 is 2.47 bits per heavy atom. The second-order valence-corrected chi connectivity index (χ2v) is 4.42. The average molecular weight is 327 g/mol. The van der Waals surface area contributed by atoms with E-state index in [1.165, 1.54) is 17.0 Å². The summed E-state index contributed by atoms with van der Waals surface area (Å²) >= 11 is 8.70. The summed E-state index contributed by atoms with van der Waals surface area (Å²) in [5.74, 6) is 0. The zero-order chi connectivity index (χ0) is 12.6. The van der Waals surface area contributed by atoms with Gasteiger partial charge in [-0.15, -0.1) is 10.2 Å². The van der Waals surface area contributed by atoms with Crippen molar-refractivity contribution in [2.75, 3.05) is 0 Å². The highest BCUT2D eigenvalue weighted by molar-refractivity contribution is 9.10. The number of halogens is 5. The summed E-state index contributed by atoms with van der Waals surface area (Å²) in [6.07, 6.45) is -3.18. The Hall–Kier alpha value is -1.08. The maximum atomic E-state index is 12.6. The SMILES string of the molecule is FC(F)(F)c1cc(Br)cc(-n2cnnc2Cl)c1. The first kappa shape index (κ1) is 12.4. The molecule has 0 unspecified atom stereocenters. The lowest BCUT2D eigenvalue weighted by Crippen LogP contribution is -2.06. The highest BCUT2D eigenvalue weighted by atomic mass is 79.9. The third kappa shape index (κ3) is 2.61. The van der Waals surface area contributed by atoms with Crippen LogP contribution >= 0.6 is 27.5 Å². The molecule has 2 rings (SSSR count). The van der Waals surface area contributed by atoms with Crippen molar-refractivity contribution in [2.45, 2.75) is 6.18 Å². The van der Waals surface area contributed by atoms with Gasteiger partial charge < -0.3 is 0 Å². The standard InChI is InChI=1S/C9H4BrClF3N3/c10-6-1-5(9(12,13)14)2-7(3-6)17-4-15-16-8(17)11/h1-4H. The van der Waals surface area contributed by atoms with Crippen molar-refractivity contribution in [3.63, 3.8) is 0 Å². The predicted octanol–water partition coefficient (Wildman–Crippen LogP) is 3.70. The molecule has 1 heterocycles. The van der Waals surface area contributed by atoms with E-state index in [2.05, 4.69) is 26.1 Å². The summed E-state index contributed by atoms with van der Waals surface area (Å²) in [6.45, 7) is 0. The van der Waals surface area contributed by atoms with Gasteiger partial charge in [0.2, 0.25) is 5.28 Å². The van der Waals surface area contributed by atoms with E-state index in [4.69, 9.17) is 11.6 Å². The molecular formula is C9H4BrClF3N3. The molecule has 1 aromatic carbocycles. The second kappa shape index (κ2) is 4.30. The van der Waals surface area contributed by atoms with Crippen LogP contribution in [0, 0.1) is 0 Å². The lowest BCUT2D eigenvalue weighted by atomic mass is 10.2. The average Bonchev–Trinajstić information content (AvgIpc) is 2.62. The summed E-state index contributed by atoms with van der Waals surface area (Å²) < 4.78 is 39.3. The lowest BCUT2D eigenvalue weighted by Gasteiger charge is -2.10. The topological polar surface area (TPSA) is 30.7 Å². The molecule has 0 aliphatic rings. The van der Waals surface area contributed by atoms with Crippen LogP contribution in [0.3, 0.4) is 0 Å². The molecule has 3 nitrogen and oxygen atoms in total. The Bertz CT molecular complexity index is 553. The normalized spacial score (nSPS) is 11.8. The highest BCUT2D eigenvalue weighted by Crippen LogP contribution is 2.33. The van der Waals surface area contributed by atoms with Crippen LogP contribution in [0.5, 0.6) is 0 Å². The van der Waals surface area contributed by atoms with Gasteiger partial charge in [-0.25, -0.2) is 0 Å². The van der Waals surface area contributed by atoms with E-state index in [1.54, 1.807) is 0 Å². The Labute approximate surface area is 107 Å². The summed E-state index contributed by atoms with van der Waals surface area (Å²) in [5, 5.41) is 7.00. The molecule has 8 heteroatoms. The number of hydrogen-bond donors (Lipinski definition) is 0. The molecule has 0 bridgehead atoms. The molecule has 90 valence electrons. The molecular weight excluding hydrogens is 322 g/mol. The van der Waals surface area contributed by atoms with Crippen molar-refractivity contribution in [1.82, 2.24) is 14.8 Å². The molecule has 0 atom stereocenters. The van der Waals surface area contributed by atoms with Crippen molar-refractivity contribution < 1.29 is 13.2 Å². The first-order chi connectivity index (χ1) is 7.88. The van der Waals surface area contributed by atoms with Crippen LogP contribution in [0.1, 0.15) is 5.56 Å². The first-order valence-corrected chi connectivity index (χ1v) is 5.49. The Morgan fingerprint density at radius 2 is 1.94 bits per heavy atom. The van der Waals surface area contributed by atoms with Gasteiger partial charge in [0.25, 0.3) is 0 Å². The van der Waals surface area contributed by atoms with Crippen LogP contribution in [0.25, 0.3) is 5.69 Å². The minimum atomic E-state index is -4.42. The lowest BCUT2D eigenvalue weighted by molar-refractivity contribution is -0.137. The van der Waals surface area contributed by atoms with Crippen molar-refractivity contribution in [3.8, 4) is 5.69 Å². The fourth-order valence-electron chi connectivity index (χ4n) is 1.27. The van der Waals surface area contributed by atoms with Gasteiger partial charge in [0.1, 0.15) is 6.33 Å². The van der Waals surface area contributed by atoms with Gasteiger partial charge in [0, 0.05) is 4.47 Å². The van der Waals surface area contributed by atoms with Crippen molar-refractivity contribution in [1.29, 1.82) is 0 Å². The van der Waals surface area contributed by atoms with Crippen LogP contribution in [0.2, 0.25) is 5.28 Å². The van der Waals surface area contributed by atoms with Gasteiger partial charge in [-0.3, -0.25) is 4.57 Å². The van der Waals surface area contributed by atoms with Gasteiger partial charge in [-0.05, 0) is 29.8 Å². The van der Waals surface area contributed by atoms with E-state index >= 15 is 0 Å². The molecule has 0 saturated carbocycles. The molecule has 0 radical (unpaired) electrons. The van der Waals surface area contributed by atoms with Crippen molar-refractivity contribution in [2.24, 2.45) is 0 Å². The monoisotopic (exact) mass is 325 g/mol. The second-order valence-electron chi connectivity index (χ2n) is 3.17. The smallest absolute Gasteiger partial charge is 0.272 e. The minimum Gasteiger partial charge on any atom is -0.272 e. The quantitative estimate of drug-likeness (QED) is 0.800. The maximum absolute atomic E-state index is 12.6. The summed E-state index contributed by atoms with van der Waals surface area (Å²) in [6, 6.07) is 3.45. The fourth-order valence-corrected chi connectivity index (χ4v) is 1.94. The van der Waals surface area contributed by atoms with E-state index in [0.717, 1.165) is 12.1 Å². The molecule has 2 aromatic rings. The van der Waals surface area contributed by atoms with Crippen molar-refractivity contribution in [3.05, 3.63) is 39.8 Å². The molecule has 17 heavy (non-hydrogen) atoms. The number of rotatable bonds is 1. The van der Waals surface area contributed by atoms with E-state index in [1.807, 2.05) is 0 Å². The number of alkyl halides is 3. The van der Waals surface area contributed by atoms with E-state index in [0.29, 0.717) is 4.47 Å². The number of hydrogen-bond acceptors (Lipinski definition) is 2. The van der Waals surface area contributed by atoms with Gasteiger partial charge >= 0.3 is 6.18 Å². The minimum absolute atomic E-state index is 0.00350. The molecule has 0 amide bonds. The Balaban J connectivity index is 2.57. The Kier molecular flexibility index (Phi) is 3.13. The zero-order valence-corrected chi connectivity index (χ0v) is 10.4. The van der Waals surface area contributed by atoms with Gasteiger partial charge in [-0.2, -0.15) is 13.2 Å². The molecule has 0 aliphatic carbocycles. The largest absolute Gasteiger partial charge is 0.416 e. The first-order valence-electron chi connectivity index (χ1n) is 4.31. The number of benzene rings is 1. The van der Waals surface area contributed by atoms with Gasteiger partial charge in [0.15, 0.2) is 0 Å². The number of nitrogens with zero attached hydrogens (tertiary/aromatic N) is 3. The molecule has 0 saturated heterocycles. The predicted molar refractivity (Wildman–Crippen MR) is 59.1 cm³/mol. The molecule has 1 aromatic heterocycles. The van der Waals surface area contributed by atoms with E-state index in [-0.39, 0.29) is 11.0 Å². The highest BCUT2D eigenvalue weighted by Gasteiger charge is 2.31. The number of aromatic nitrogens is 3. The van der Waals surface area contributed by atoms with Crippen LogP contribution < -0.4 is 0 Å². The molecule has 0 fully saturated rings. The third-order valence-electron chi connectivity index (χ3n) is 1.99. The molecule has 0 N–H and O–H groups in total.